The molecule has 1 N–H and O–H groups in total. The molecule has 0 saturated heterocycles. The molecule has 0 aromatic carbocycles. The van der Waals surface area contributed by atoms with Crippen LogP contribution < -0.4 is 0 Å². The summed E-state index contributed by atoms with van der Waals surface area (Å²) < 4.78 is 5.98. The first kappa shape index (κ1) is 41.2. The van der Waals surface area contributed by atoms with Crippen LogP contribution in [0.5, 0.6) is 0 Å². The Labute approximate surface area is 267 Å². The number of hydrogen-bond donors (Lipinski definition) is 1. The van der Waals surface area contributed by atoms with Gasteiger partial charge in [-0.25, -0.2) is 0 Å². The number of carboxylic acid groups (broad SMARTS) is 1. The number of esters is 1. The van der Waals surface area contributed by atoms with Crippen LogP contribution in [0.4, 0.5) is 0 Å². The normalized spacial score (nSPS) is 12.6. The number of unbranched alkanes of at least 4 members (excludes halogenated alkanes) is 18. The Balaban J connectivity index is 4.06. The molecule has 0 aromatic heterocycles. The van der Waals surface area contributed by atoms with E-state index in [4.69, 9.17) is 9.84 Å². The predicted molar refractivity (Wildman–Crippen MR) is 186 cm³/mol. The summed E-state index contributed by atoms with van der Waals surface area (Å²) in [6.45, 7) is 4.43. The van der Waals surface area contributed by atoms with Gasteiger partial charge in [0.15, 0.2) is 0 Å². The Hall–Kier alpha value is -1.84. The lowest BCUT2D eigenvalue weighted by Gasteiger charge is -2.18. The third kappa shape index (κ3) is 34.5. The Morgan fingerprint density at radius 1 is 0.535 bits per heavy atom. The van der Waals surface area contributed by atoms with Crippen LogP contribution in [0.1, 0.15) is 194 Å². The summed E-state index contributed by atoms with van der Waals surface area (Å²) in [5.74, 6) is -0.717. The highest BCUT2D eigenvalue weighted by Crippen LogP contribution is 2.19. The molecule has 0 amide bonds. The molecule has 0 fully saturated rings. The molecule has 1 unspecified atom stereocenters. The summed E-state index contributed by atoms with van der Waals surface area (Å²) in [6.07, 6.45) is 44.4. The van der Waals surface area contributed by atoms with E-state index in [0.717, 1.165) is 89.9 Å². The topological polar surface area (TPSA) is 63.6 Å². The van der Waals surface area contributed by atoms with E-state index in [1.165, 1.54) is 77.0 Å². The van der Waals surface area contributed by atoms with Gasteiger partial charge in [0.1, 0.15) is 6.10 Å². The lowest BCUT2D eigenvalue weighted by Crippen LogP contribution is -2.18. The number of hydrogen-bond acceptors (Lipinski definition) is 3. The van der Waals surface area contributed by atoms with Crippen molar-refractivity contribution in [2.24, 2.45) is 0 Å². The maximum atomic E-state index is 12.6. The second-order valence-electron chi connectivity index (χ2n) is 12.4. The van der Waals surface area contributed by atoms with Gasteiger partial charge in [-0.15, -0.1) is 0 Å². The lowest BCUT2D eigenvalue weighted by molar-refractivity contribution is -0.150. The van der Waals surface area contributed by atoms with Gasteiger partial charge in [0.05, 0.1) is 0 Å². The summed E-state index contributed by atoms with van der Waals surface area (Å²) in [5, 5.41) is 8.80. The summed E-state index contributed by atoms with van der Waals surface area (Å²) in [4.78, 5) is 23.3. The first-order valence-electron chi connectivity index (χ1n) is 18.5. The fourth-order valence-corrected chi connectivity index (χ4v) is 5.43. The molecule has 1 atom stereocenters. The minimum Gasteiger partial charge on any atom is -0.481 e. The second-order valence-corrected chi connectivity index (χ2v) is 12.4. The molecule has 0 spiro atoms. The van der Waals surface area contributed by atoms with Crippen LogP contribution >= 0.6 is 0 Å². The number of aliphatic carboxylic acids is 1. The van der Waals surface area contributed by atoms with Crippen molar-refractivity contribution in [2.45, 2.75) is 200 Å². The van der Waals surface area contributed by atoms with E-state index in [1.807, 2.05) is 0 Å². The van der Waals surface area contributed by atoms with E-state index in [9.17, 15) is 9.59 Å². The van der Waals surface area contributed by atoms with E-state index in [1.54, 1.807) is 0 Å². The van der Waals surface area contributed by atoms with Gasteiger partial charge in [0.25, 0.3) is 0 Å². The Morgan fingerprint density at radius 3 is 1.51 bits per heavy atom. The quantitative estimate of drug-likeness (QED) is 0.0461. The zero-order valence-electron chi connectivity index (χ0n) is 28.5. The van der Waals surface area contributed by atoms with Gasteiger partial charge in [-0.2, -0.15) is 0 Å². The van der Waals surface area contributed by atoms with E-state index < -0.39 is 5.97 Å². The Bertz CT molecular complexity index is 693. The van der Waals surface area contributed by atoms with E-state index in [0.29, 0.717) is 6.42 Å². The number of carboxylic acids is 1. The highest BCUT2D eigenvalue weighted by Gasteiger charge is 2.14. The Kier molecular flexibility index (Phi) is 33.2. The predicted octanol–water partition coefficient (Wildman–Crippen LogP) is 12.6. The molecule has 0 saturated carbocycles. The molecular weight excluding hydrogens is 532 g/mol. The first-order valence-corrected chi connectivity index (χ1v) is 18.5. The number of ether oxygens (including phenoxy) is 1. The van der Waals surface area contributed by atoms with Crippen molar-refractivity contribution in [1.29, 1.82) is 0 Å². The third-order valence-corrected chi connectivity index (χ3v) is 8.13. The van der Waals surface area contributed by atoms with Crippen molar-refractivity contribution in [1.82, 2.24) is 0 Å². The number of rotatable bonds is 33. The van der Waals surface area contributed by atoms with Crippen LogP contribution in [0.15, 0.2) is 36.5 Å². The van der Waals surface area contributed by atoms with Gasteiger partial charge in [0, 0.05) is 12.8 Å². The van der Waals surface area contributed by atoms with Gasteiger partial charge in [-0.05, 0) is 70.6 Å². The van der Waals surface area contributed by atoms with Gasteiger partial charge >= 0.3 is 11.9 Å². The summed E-state index contributed by atoms with van der Waals surface area (Å²) in [6, 6.07) is 0. The van der Waals surface area contributed by atoms with Crippen LogP contribution in [0.2, 0.25) is 0 Å². The van der Waals surface area contributed by atoms with Crippen molar-refractivity contribution in [2.75, 3.05) is 0 Å². The number of carbonyl (C=O) groups excluding carboxylic acids is 1. The third-order valence-electron chi connectivity index (χ3n) is 8.13. The lowest BCUT2D eigenvalue weighted by atomic mass is 10.0. The van der Waals surface area contributed by atoms with E-state index in [2.05, 4.69) is 50.3 Å². The SMILES string of the molecule is CC/C=C\C/C=C\C/C=C\CCCCCCCC(=O)OC(CCCCCCCCCCCC)CCCCCCCC(=O)O. The second kappa shape index (κ2) is 34.6. The van der Waals surface area contributed by atoms with Crippen LogP contribution in [-0.2, 0) is 14.3 Å². The molecular formula is C39H70O4. The molecule has 0 heterocycles. The summed E-state index contributed by atoms with van der Waals surface area (Å²) in [7, 11) is 0. The van der Waals surface area contributed by atoms with Crippen molar-refractivity contribution in [3.8, 4) is 0 Å². The van der Waals surface area contributed by atoms with Crippen LogP contribution in [0, 0.1) is 0 Å². The number of carbonyl (C=O) groups is 2. The molecule has 0 aliphatic rings. The zero-order chi connectivity index (χ0) is 31.5. The minimum atomic E-state index is -0.703. The van der Waals surface area contributed by atoms with Crippen molar-refractivity contribution in [3.05, 3.63) is 36.5 Å². The van der Waals surface area contributed by atoms with Crippen molar-refractivity contribution < 1.29 is 19.4 Å². The van der Waals surface area contributed by atoms with Gasteiger partial charge in [-0.3, -0.25) is 9.59 Å². The molecule has 4 nitrogen and oxygen atoms in total. The molecule has 0 aliphatic heterocycles. The average Bonchev–Trinajstić information content (AvgIpc) is 2.99. The molecule has 0 aromatic rings. The maximum Gasteiger partial charge on any atom is 0.306 e. The van der Waals surface area contributed by atoms with Gasteiger partial charge in [0.2, 0.25) is 0 Å². The fourth-order valence-electron chi connectivity index (χ4n) is 5.43. The van der Waals surface area contributed by atoms with Crippen molar-refractivity contribution in [3.63, 3.8) is 0 Å². The molecule has 4 heteroatoms. The molecule has 0 rings (SSSR count). The minimum absolute atomic E-state index is 0.0142. The first-order chi connectivity index (χ1) is 21.1. The van der Waals surface area contributed by atoms with Gasteiger partial charge in [-0.1, -0.05) is 147 Å². The molecule has 0 bridgehead atoms. The van der Waals surface area contributed by atoms with Crippen molar-refractivity contribution >= 4 is 11.9 Å². The molecule has 0 radical (unpaired) electrons. The maximum absolute atomic E-state index is 12.6. The Morgan fingerprint density at radius 2 is 0.977 bits per heavy atom. The largest absolute Gasteiger partial charge is 0.481 e. The van der Waals surface area contributed by atoms with E-state index >= 15 is 0 Å². The van der Waals surface area contributed by atoms with Crippen LogP contribution in [0.25, 0.3) is 0 Å². The smallest absolute Gasteiger partial charge is 0.306 e. The summed E-state index contributed by atoms with van der Waals surface area (Å²) in [5.41, 5.74) is 0. The molecule has 0 aliphatic carbocycles. The van der Waals surface area contributed by atoms with Gasteiger partial charge < -0.3 is 9.84 Å². The number of allylic oxidation sites excluding steroid dienone is 6. The monoisotopic (exact) mass is 603 g/mol. The highest BCUT2D eigenvalue weighted by molar-refractivity contribution is 5.69. The molecule has 43 heavy (non-hydrogen) atoms. The standard InChI is InChI=1S/C39H70O4/c1-3-5-7-9-11-13-15-16-17-18-19-21-23-28-32-36-39(42)43-37(34-30-26-24-27-31-35-38(40)41)33-29-25-22-20-14-12-10-8-6-4-2/h5,7,11,13,16-17,37H,3-4,6,8-10,12,14-15,18-36H2,1-2H3,(H,40,41)/b7-5-,13-11-,17-16-. The molecule has 250 valence electrons. The van der Waals surface area contributed by atoms with Crippen LogP contribution in [0.3, 0.4) is 0 Å². The van der Waals surface area contributed by atoms with E-state index in [-0.39, 0.29) is 18.5 Å². The average molecular weight is 603 g/mol. The zero-order valence-corrected chi connectivity index (χ0v) is 28.5. The highest BCUT2D eigenvalue weighted by atomic mass is 16.5. The fraction of sp³-hybridized carbons (Fsp3) is 0.795. The summed E-state index contributed by atoms with van der Waals surface area (Å²) >= 11 is 0. The van der Waals surface area contributed by atoms with Crippen LogP contribution in [-0.4, -0.2) is 23.1 Å².